The predicted molar refractivity (Wildman–Crippen MR) is 154 cm³/mol. The van der Waals surface area contributed by atoms with Gasteiger partial charge >= 0.3 is 6.01 Å². The molecule has 3 fully saturated rings. The lowest BCUT2D eigenvalue weighted by Gasteiger charge is -2.47. The molecule has 1 aliphatic carbocycles. The average molecular weight is 560 g/mol. The second kappa shape index (κ2) is 10.4. The lowest BCUT2D eigenvalue weighted by atomic mass is 9.85. The number of amides is 1. The zero-order valence-electron chi connectivity index (χ0n) is 23.4. The van der Waals surface area contributed by atoms with Crippen molar-refractivity contribution in [2.75, 3.05) is 38.2 Å². The quantitative estimate of drug-likeness (QED) is 0.408. The molecule has 3 aliphatic heterocycles. The van der Waals surface area contributed by atoms with Gasteiger partial charge in [0.25, 0.3) is 0 Å². The first-order chi connectivity index (χ1) is 19.9. The molecule has 1 amide bonds. The largest absolute Gasteiger partial charge is 0.462 e. The van der Waals surface area contributed by atoms with Gasteiger partial charge in [-0.15, -0.1) is 0 Å². The maximum Gasteiger partial charge on any atom is 0.319 e. The van der Waals surface area contributed by atoms with Gasteiger partial charge in [-0.2, -0.15) is 9.97 Å². The number of likely N-dealkylation sites (N-methyl/N-ethyl adjacent to an activating group) is 1. The summed E-state index contributed by atoms with van der Waals surface area (Å²) in [6.45, 7) is 5.55. The minimum Gasteiger partial charge on any atom is -0.462 e. The van der Waals surface area contributed by atoms with Gasteiger partial charge in [0.15, 0.2) is 0 Å². The molecule has 9 heteroatoms. The summed E-state index contributed by atoms with van der Waals surface area (Å²) in [5, 5.41) is 0.622. The van der Waals surface area contributed by atoms with Crippen LogP contribution in [0.4, 0.5) is 14.6 Å². The van der Waals surface area contributed by atoms with E-state index in [1.807, 2.05) is 35.0 Å². The van der Waals surface area contributed by atoms with Crippen LogP contribution in [0.5, 0.6) is 6.01 Å². The second-order valence-electron chi connectivity index (χ2n) is 11.9. The number of ether oxygens (including phenoxy) is 1. The number of alkyl halides is 1. The molecule has 3 aromatic rings. The fraction of sp³-hybridized carbons (Fsp3) is 0.469. The third-order valence-electron chi connectivity index (χ3n) is 9.50. The van der Waals surface area contributed by atoms with Crippen molar-refractivity contribution in [2.45, 2.75) is 62.8 Å². The summed E-state index contributed by atoms with van der Waals surface area (Å²) in [6, 6.07) is 9.84. The number of carbonyl (C=O) groups excluding carboxylic acids is 1. The smallest absolute Gasteiger partial charge is 0.319 e. The van der Waals surface area contributed by atoms with Gasteiger partial charge in [0, 0.05) is 36.6 Å². The van der Waals surface area contributed by atoms with Crippen LogP contribution in [0.2, 0.25) is 0 Å². The van der Waals surface area contributed by atoms with Gasteiger partial charge in [0.1, 0.15) is 24.4 Å². The maximum absolute atomic E-state index is 15.9. The van der Waals surface area contributed by atoms with E-state index in [-0.39, 0.29) is 42.5 Å². The number of aromatic nitrogens is 2. The number of anilines is 1. The van der Waals surface area contributed by atoms with Gasteiger partial charge < -0.3 is 14.5 Å². The zero-order chi connectivity index (χ0) is 28.2. The molecule has 7 rings (SSSR count). The molecule has 0 spiro atoms. The predicted octanol–water partition coefficient (Wildman–Crippen LogP) is 4.71. The lowest BCUT2D eigenvalue weighted by Crippen LogP contribution is -2.63. The molecular weight excluding hydrogens is 524 g/mol. The monoisotopic (exact) mass is 559 g/mol. The zero-order valence-corrected chi connectivity index (χ0v) is 23.4. The second-order valence-corrected chi connectivity index (χ2v) is 11.9. The van der Waals surface area contributed by atoms with Gasteiger partial charge in [0.05, 0.1) is 17.6 Å². The molecule has 2 aromatic carbocycles. The van der Waals surface area contributed by atoms with Crippen LogP contribution in [0.1, 0.15) is 36.8 Å². The molecule has 4 heterocycles. The summed E-state index contributed by atoms with van der Waals surface area (Å²) in [5.74, 6) is 0.244. The van der Waals surface area contributed by atoms with Crippen molar-refractivity contribution < 1.29 is 18.3 Å². The van der Waals surface area contributed by atoms with E-state index in [0.717, 1.165) is 37.7 Å². The summed E-state index contributed by atoms with van der Waals surface area (Å²) in [6.07, 6.45) is 5.91. The number of benzene rings is 2. The summed E-state index contributed by atoms with van der Waals surface area (Å²) in [5.41, 5.74) is 4.57. The summed E-state index contributed by atoms with van der Waals surface area (Å²) in [7, 11) is 1.90. The van der Waals surface area contributed by atoms with Crippen molar-refractivity contribution in [1.29, 1.82) is 0 Å². The first kappa shape index (κ1) is 26.3. The van der Waals surface area contributed by atoms with Crippen LogP contribution in [0.3, 0.4) is 0 Å². The minimum absolute atomic E-state index is 0.0611. The first-order valence-corrected chi connectivity index (χ1v) is 14.7. The van der Waals surface area contributed by atoms with Gasteiger partial charge in [-0.3, -0.25) is 9.69 Å². The van der Waals surface area contributed by atoms with Crippen LogP contribution in [0, 0.1) is 5.82 Å². The molecule has 3 saturated heterocycles. The van der Waals surface area contributed by atoms with Gasteiger partial charge in [0.2, 0.25) is 5.91 Å². The third-order valence-corrected chi connectivity index (χ3v) is 9.50. The first-order valence-electron chi connectivity index (χ1n) is 14.7. The Morgan fingerprint density at radius 2 is 2.00 bits per heavy atom. The normalized spacial score (nSPS) is 25.6. The van der Waals surface area contributed by atoms with Gasteiger partial charge in [-0.05, 0) is 80.5 Å². The number of likely N-dealkylation sites (tertiary alicyclic amines) is 2. The van der Waals surface area contributed by atoms with E-state index in [1.54, 1.807) is 6.07 Å². The van der Waals surface area contributed by atoms with E-state index in [9.17, 15) is 9.18 Å². The number of hydrogen-bond acceptors (Lipinski definition) is 6. The van der Waals surface area contributed by atoms with Gasteiger partial charge in [-0.1, -0.05) is 24.8 Å². The molecule has 41 heavy (non-hydrogen) atoms. The summed E-state index contributed by atoms with van der Waals surface area (Å²) >= 11 is 0. The molecule has 214 valence electrons. The Labute approximate surface area is 238 Å². The molecule has 4 aliphatic rings. The Morgan fingerprint density at radius 3 is 2.80 bits per heavy atom. The molecule has 7 nitrogen and oxygen atoms in total. The SMILES string of the molecule is C=CC(=O)N1CCC2[C@H]1CN2c1nc(OC[C@@H]2C[C@@H](F)CN2C)nc2cc(-c3cccc4c3CCCC4)c(F)cc12. The van der Waals surface area contributed by atoms with Gasteiger partial charge in [-0.25, -0.2) is 8.78 Å². The number of aryl methyl sites for hydroxylation is 1. The Morgan fingerprint density at radius 1 is 1.15 bits per heavy atom. The Hall–Kier alpha value is -3.59. The van der Waals surface area contributed by atoms with E-state index in [4.69, 9.17) is 14.7 Å². The molecular formula is C32H35F2N5O2. The number of halogens is 2. The highest BCUT2D eigenvalue weighted by atomic mass is 19.1. The molecule has 0 radical (unpaired) electrons. The number of nitrogens with zero attached hydrogens (tertiary/aromatic N) is 5. The molecule has 0 N–H and O–H groups in total. The number of rotatable bonds is 6. The van der Waals surface area contributed by atoms with Crippen LogP contribution in [0.25, 0.3) is 22.0 Å². The lowest BCUT2D eigenvalue weighted by molar-refractivity contribution is -0.127. The highest BCUT2D eigenvalue weighted by Gasteiger charge is 2.49. The van der Waals surface area contributed by atoms with E-state index in [2.05, 4.69) is 17.5 Å². The van der Waals surface area contributed by atoms with Crippen LogP contribution < -0.4 is 9.64 Å². The fourth-order valence-electron chi connectivity index (χ4n) is 7.27. The fourth-order valence-corrected chi connectivity index (χ4v) is 7.27. The van der Waals surface area contributed by atoms with Crippen molar-refractivity contribution in [3.05, 3.63) is 59.9 Å². The number of carbonyl (C=O) groups is 1. The molecule has 0 saturated carbocycles. The highest BCUT2D eigenvalue weighted by molar-refractivity contribution is 5.94. The van der Waals surface area contributed by atoms with Crippen LogP contribution >= 0.6 is 0 Å². The van der Waals surface area contributed by atoms with E-state index < -0.39 is 6.17 Å². The minimum atomic E-state index is -0.870. The summed E-state index contributed by atoms with van der Waals surface area (Å²) < 4.78 is 36.0. The topological polar surface area (TPSA) is 61.8 Å². The van der Waals surface area contributed by atoms with Crippen molar-refractivity contribution in [1.82, 2.24) is 19.8 Å². The summed E-state index contributed by atoms with van der Waals surface area (Å²) in [4.78, 5) is 27.8. The Kier molecular flexibility index (Phi) is 6.64. The Bertz CT molecular complexity index is 1530. The standard InChI is InChI=1S/C32H35F2N5O2/c1-3-30(40)38-12-11-28-29(38)17-39(28)31-25-14-26(34)24(23-10-6-8-19-7-4-5-9-22(19)23)15-27(25)35-32(36-31)41-18-21-13-20(33)16-37(21)2/h3,6,8,10,14-15,20-21,28-29H,1,4-5,7,9,11-13,16-18H2,2H3/t20-,21+,28?,29-/m1/s1. The van der Waals surface area contributed by atoms with E-state index >= 15 is 4.39 Å². The van der Waals surface area contributed by atoms with Crippen molar-refractivity contribution >= 4 is 22.6 Å². The van der Waals surface area contributed by atoms with Crippen molar-refractivity contribution in [3.8, 4) is 17.1 Å². The van der Waals surface area contributed by atoms with Crippen LogP contribution in [0.15, 0.2) is 43.0 Å². The highest BCUT2D eigenvalue weighted by Crippen LogP contribution is 2.41. The maximum atomic E-state index is 15.9. The molecule has 0 bridgehead atoms. The molecule has 1 unspecified atom stereocenters. The van der Waals surface area contributed by atoms with Crippen LogP contribution in [-0.4, -0.2) is 83.3 Å². The third kappa shape index (κ3) is 4.54. The van der Waals surface area contributed by atoms with E-state index in [0.29, 0.717) is 48.3 Å². The number of fused-ring (bicyclic) bond motifs is 3. The number of hydrogen-bond donors (Lipinski definition) is 0. The van der Waals surface area contributed by atoms with E-state index in [1.165, 1.54) is 17.2 Å². The van der Waals surface area contributed by atoms with Crippen molar-refractivity contribution in [3.63, 3.8) is 0 Å². The van der Waals surface area contributed by atoms with Crippen molar-refractivity contribution in [2.24, 2.45) is 0 Å². The molecule has 1 aromatic heterocycles. The average Bonchev–Trinajstić information content (AvgIpc) is 3.47. The van der Waals surface area contributed by atoms with Crippen LogP contribution in [-0.2, 0) is 17.6 Å². The molecule has 4 atom stereocenters. The Balaban J connectivity index is 1.28.